The number of hydrogen-bond acceptors (Lipinski definition) is 2. The first-order valence-corrected chi connectivity index (χ1v) is 6.80. The lowest BCUT2D eigenvalue weighted by atomic mass is 9.91. The molecule has 2 rings (SSSR count). The van der Waals surface area contributed by atoms with Crippen molar-refractivity contribution in [3.05, 3.63) is 58.7 Å². The van der Waals surface area contributed by atoms with E-state index in [0.717, 1.165) is 35.1 Å². The molecule has 2 nitrogen and oxygen atoms in total. The van der Waals surface area contributed by atoms with Crippen LogP contribution >= 0.6 is 0 Å². The second-order valence-corrected chi connectivity index (χ2v) is 4.64. The molecule has 0 bridgehead atoms. The molecule has 0 unspecified atom stereocenters. The van der Waals surface area contributed by atoms with Gasteiger partial charge in [-0.1, -0.05) is 32.0 Å². The minimum Gasteiger partial charge on any atom is -0.192 e. The largest absolute Gasteiger partial charge is 0.192 e. The zero-order valence-corrected chi connectivity index (χ0v) is 11.8. The Labute approximate surface area is 119 Å². The van der Waals surface area contributed by atoms with Gasteiger partial charge in [0.25, 0.3) is 0 Å². The summed E-state index contributed by atoms with van der Waals surface area (Å²) >= 11 is 0. The van der Waals surface area contributed by atoms with Gasteiger partial charge in [-0.05, 0) is 47.7 Å². The molecule has 20 heavy (non-hydrogen) atoms. The number of nitrogens with zero attached hydrogens (tertiary/aromatic N) is 2. The molecule has 0 aromatic heterocycles. The van der Waals surface area contributed by atoms with Gasteiger partial charge in [-0.3, -0.25) is 0 Å². The van der Waals surface area contributed by atoms with Gasteiger partial charge in [-0.15, -0.1) is 0 Å². The van der Waals surface area contributed by atoms with Gasteiger partial charge in [0.15, 0.2) is 0 Å². The molecule has 0 N–H and O–H groups in total. The fraction of sp³-hybridized carbons (Fsp3) is 0.222. The monoisotopic (exact) mass is 260 g/mol. The van der Waals surface area contributed by atoms with Crippen molar-refractivity contribution >= 4 is 0 Å². The van der Waals surface area contributed by atoms with E-state index in [1.165, 1.54) is 0 Å². The van der Waals surface area contributed by atoms with E-state index < -0.39 is 0 Å². The van der Waals surface area contributed by atoms with Crippen molar-refractivity contribution in [2.75, 3.05) is 0 Å². The van der Waals surface area contributed by atoms with Gasteiger partial charge in [0.05, 0.1) is 23.3 Å². The highest BCUT2D eigenvalue weighted by atomic mass is 14.3. The topological polar surface area (TPSA) is 47.6 Å². The molecule has 0 aliphatic carbocycles. The van der Waals surface area contributed by atoms with Crippen molar-refractivity contribution in [1.82, 2.24) is 0 Å². The van der Waals surface area contributed by atoms with Crippen LogP contribution in [0.25, 0.3) is 11.1 Å². The Morgan fingerprint density at radius 2 is 1.55 bits per heavy atom. The summed E-state index contributed by atoms with van der Waals surface area (Å²) in [7, 11) is 0. The predicted octanol–water partition coefficient (Wildman–Crippen LogP) is 4.22. The van der Waals surface area contributed by atoms with Crippen LogP contribution in [-0.2, 0) is 12.8 Å². The fourth-order valence-corrected chi connectivity index (χ4v) is 2.48. The van der Waals surface area contributed by atoms with Crippen LogP contribution in [-0.4, -0.2) is 0 Å². The molecule has 98 valence electrons. The first-order chi connectivity index (χ1) is 9.74. The molecular weight excluding hydrogens is 244 g/mol. The Bertz CT molecular complexity index is 715. The van der Waals surface area contributed by atoms with Crippen molar-refractivity contribution in [3.63, 3.8) is 0 Å². The minimum atomic E-state index is 0.691. The Morgan fingerprint density at radius 3 is 2.15 bits per heavy atom. The Balaban J connectivity index is 2.69. The van der Waals surface area contributed by atoms with Crippen LogP contribution in [0.1, 0.15) is 36.1 Å². The molecular formula is C18H16N2. The number of aryl methyl sites for hydroxylation is 2. The lowest BCUT2D eigenvalue weighted by Crippen LogP contribution is -1.95. The first kappa shape index (κ1) is 13.8. The lowest BCUT2D eigenvalue weighted by Gasteiger charge is -2.12. The first-order valence-electron chi connectivity index (χ1n) is 6.80. The number of rotatable bonds is 3. The third-order valence-corrected chi connectivity index (χ3v) is 3.55. The molecule has 0 spiro atoms. The second-order valence-electron chi connectivity index (χ2n) is 4.64. The lowest BCUT2D eigenvalue weighted by molar-refractivity contribution is 1.12. The van der Waals surface area contributed by atoms with Gasteiger partial charge in [-0.2, -0.15) is 10.5 Å². The third-order valence-electron chi connectivity index (χ3n) is 3.55. The van der Waals surface area contributed by atoms with Gasteiger partial charge in [0.1, 0.15) is 0 Å². The molecule has 0 radical (unpaired) electrons. The van der Waals surface area contributed by atoms with Crippen molar-refractivity contribution in [3.8, 4) is 23.3 Å². The predicted molar refractivity (Wildman–Crippen MR) is 80.1 cm³/mol. The second kappa shape index (κ2) is 6.04. The summed E-state index contributed by atoms with van der Waals surface area (Å²) in [5, 5.41) is 18.4. The van der Waals surface area contributed by atoms with Gasteiger partial charge in [0, 0.05) is 5.56 Å². The van der Waals surface area contributed by atoms with E-state index in [4.69, 9.17) is 5.26 Å². The van der Waals surface area contributed by atoms with E-state index in [0.29, 0.717) is 11.1 Å². The minimum absolute atomic E-state index is 0.691. The van der Waals surface area contributed by atoms with Crippen LogP contribution in [0.5, 0.6) is 0 Å². The van der Waals surface area contributed by atoms with Crippen molar-refractivity contribution in [1.29, 1.82) is 10.5 Å². The fourth-order valence-electron chi connectivity index (χ4n) is 2.48. The summed E-state index contributed by atoms with van der Waals surface area (Å²) in [6.45, 7) is 4.13. The van der Waals surface area contributed by atoms with E-state index >= 15 is 0 Å². The Hall–Kier alpha value is -2.58. The van der Waals surface area contributed by atoms with Crippen LogP contribution in [0.3, 0.4) is 0 Å². The third kappa shape index (κ3) is 2.42. The molecule has 2 aromatic rings. The summed E-state index contributed by atoms with van der Waals surface area (Å²) in [5.74, 6) is 0. The summed E-state index contributed by atoms with van der Waals surface area (Å²) in [4.78, 5) is 0. The highest BCUT2D eigenvalue weighted by molar-refractivity contribution is 5.75. The molecule has 0 aliphatic heterocycles. The number of hydrogen-bond donors (Lipinski definition) is 0. The van der Waals surface area contributed by atoms with Crippen LogP contribution < -0.4 is 0 Å². The van der Waals surface area contributed by atoms with Crippen molar-refractivity contribution < 1.29 is 0 Å². The molecule has 0 aliphatic rings. The van der Waals surface area contributed by atoms with Crippen LogP contribution in [0.2, 0.25) is 0 Å². The molecule has 0 amide bonds. The van der Waals surface area contributed by atoms with E-state index in [2.05, 4.69) is 25.1 Å². The van der Waals surface area contributed by atoms with E-state index in [1.54, 1.807) is 0 Å². The van der Waals surface area contributed by atoms with Crippen molar-refractivity contribution in [2.24, 2.45) is 0 Å². The maximum absolute atomic E-state index is 9.32. The van der Waals surface area contributed by atoms with Crippen molar-refractivity contribution in [2.45, 2.75) is 26.7 Å². The highest BCUT2D eigenvalue weighted by Crippen LogP contribution is 2.29. The molecule has 0 fully saturated rings. The quantitative estimate of drug-likeness (QED) is 0.829. The van der Waals surface area contributed by atoms with Gasteiger partial charge in [0.2, 0.25) is 0 Å². The summed E-state index contributed by atoms with van der Waals surface area (Å²) in [5.41, 5.74) is 5.61. The molecule has 2 heteroatoms. The zero-order chi connectivity index (χ0) is 14.5. The van der Waals surface area contributed by atoms with Gasteiger partial charge < -0.3 is 0 Å². The molecule has 0 atom stereocenters. The number of nitriles is 2. The standard InChI is InChI=1S/C18H16N2/c1-3-13-6-5-7-17(12-20)18(13)15-8-9-16(11-19)14(4-2)10-15/h5-10H,3-4H2,1-2H3. The molecule has 0 saturated heterocycles. The molecule has 0 heterocycles. The van der Waals surface area contributed by atoms with E-state index in [-0.39, 0.29) is 0 Å². The maximum atomic E-state index is 9.32. The van der Waals surface area contributed by atoms with Gasteiger partial charge in [-0.25, -0.2) is 0 Å². The summed E-state index contributed by atoms with van der Waals surface area (Å²) < 4.78 is 0. The number of benzene rings is 2. The normalized spacial score (nSPS) is 9.80. The van der Waals surface area contributed by atoms with Gasteiger partial charge >= 0.3 is 0 Å². The summed E-state index contributed by atoms with van der Waals surface area (Å²) in [6, 6.07) is 16.1. The summed E-state index contributed by atoms with van der Waals surface area (Å²) in [6.07, 6.45) is 1.69. The molecule has 0 saturated carbocycles. The average Bonchev–Trinajstić information content (AvgIpc) is 2.53. The van der Waals surface area contributed by atoms with E-state index in [1.807, 2.05) is 37.3 Å². The zero-order valence-electron chi connectivity index (χ0n) is 11.8. The smallest absolute Gasteiger partial charge is 0.0998 e. The van der Waals surface area contributed by atoms with Crippen LogP contribution in [0.4, 0.5) is 0 Å². The van der Waals surface area contributed by atoms with Crippen LogP contribution in [0.15, 0.2) is 36.4 Å². The van der Waals surface area contributed by atoms with E-state index in [9.17, 15) is 5.26 Å². The Kier molecular flexibility index (Phi) is 4.18. The average molecular weight is 260 g/mol. The molecule has 2 aromatic carbocycles. The van der Waals surface area contributed by atoms with Crippen LogP contribution in [0, 0.1) is 22.7 Å². The maximum Gasteiger partial charge on any atom is 0.0998 e. The SMILES string of the molecule is CCc1cc(-c2c(C#N)cccc2CC)ccc1C#N. The highest BCUT2D eigenvalue weighted by Gasteiger charge is 2.11. The Morgan fingerprint density at radius 1 is 0.850 bits per heavy atom.